The van der Waals surface area contributed by atoms with Crippen molar-refractivity contribution in [3.05, 3.63) is 59.7 Å². The molecule has 1 amide bonds. The molecule has 3 nitrogen and oxygen atoms in total. The Labute approximate surface area is 115 Å². The molecule has 0 atom stereocenters. The number of carbonyl (C=O) groups is 1. The van der Waals surface area contributed by atoms with E-state index in [0.29, 0.717) is 16.9 Å². The van der Waals surface area contributed by atoms with Gasteiger partial charge in [0, 0.05) is 18.4 Å². The molecule has 2 rings (SSSR count). The van der Waals surface area contributed by atoms with E-state index >= 15 is 0 Å². The van der Waals surface area contributed by atoms with E-state index in [-0.39, 0.29) is 12.3 Å². The van der Waals surface area contributed by atoms with Crippen molar-refractivity contribution < 1.29 is 13.6 Å². The van der Waals surface area contributed by atoms with Gasteiger partial charge in [-0.3, -0.25) is 4.79 Å². The van der Waals surface area contributed by atoms with Gasteiger partial charge in [0.1, 0.15) is 0 Å². The largest absolute Gasteiger partial charge is 0.399 e. The molecule has 0 unspecified atom stereocenters. The molecule has 0 bridgehead atoms. The van der Waals surface area contributed by atoms with E-state index in [1.54, 1.807) is 31.3 Å². The first kappa shape index (κ1) is 14.0. The summed E-state index contributed by atoms with van der Waals surface area (Å²) in [5.74, 6) is -2.12. The van der Waals surface area contributed by atoms with Crippen LogP contribution in [0.25, 0.3) is 0 Å². The predicted molar refractivity (Wildman–Crippen MR) is 74.3 cm³/mol. The third-order valence-corrected chi connectivity index (χ3v) is 2.97. The molecule has 0 saturated carbocycles. The van der Waals surface area contributed by atoms with E-state index in [9.17, 15) is 13.6 Å². The average Bonchev–Trinajstić information content (AvgIpc) is 2.42. The number of nitrogens with two attached hydrogens (primary N) is 1. The van der Waals surface area contributed by atoms with Crippen LogP contribution < -0.4 is 10.6 Å². The monoisotopic (exact) mass is 276 g/mol. The Kier molecular flexibility index (Phi) is 3.98. The Morgan fingerprint density at radius 2 is 1.90 bits per heavy atom. The van der Waals surface area contributed by atoms with Gasteiger partial charge in [0.25, 0.3) is 0 Å². The molecule has 0 aromatic heterocycles. The highest BCUT2D eigenvalue weighted by Crippen LogP contribution is 2.17. The lowest BCUT2D eigenvalue weighted by molar-refractivity contribution is -0.117. The minimum Gasteiger partial charge on any atom is -0.399 e. The van der Waals surface area contributed by atoms with Crippen LogP contribution in [0.3, 0.4) is 0 Å². The van der Waals surface area contributed by atoms with Crippen LogP contribution >= 0.6 is 0 Å². The number of benzene rings is 2. The van der Waals surface area contributed by atoms with Gasteiger partial charge in [-0.25, -0.2) is 8.78 Å². The van der Waals surface area contributed by atoms with Crippen LogP contribution in [0.4, 0.5) is 20.2 Å². The minimum absolute atomic E-state index is 0.0114. The zero-order valence-corrected chi connectivity index (χ0v) is 10.9. The van der Waals surface area contributed by atoms with E-state index in [4.69, 9.17) is 5.73 Å². The van der Waals surface area contributed by atoms with E-state index in [0.717, 1.165) is 12.1 Å². The van der Waals surface area contributed by atoms with Gasteiger partial charge in [0.05, 0.1) is 6.42 Å². The molecule has 0 aliphatic rings. The summed E-state index contributed by atoms with van der Waals surface area (Å²) in [5.41, 5.74) is 7.28. The van der Waals surface area contributed by atoms with Gasteiger partial charge in [-0.05, 0) is 35.9 Å². The van der Waals surface area contributed by atoms with Gasteiger partial charge in [-0.1, -0.05) is 12.1 Å². The number of halogens is 2. The summed E-state index contributed by atoms with van der Waals surface area (Å²) in [6.07, 6.45) is -0.0114. The van der Waals surface area contributed by atoms with Gasteiger partial charge in [0.15, 0.2) is 11.6 Å². The van der Waals surface area contributed by atoms with Crippen molar-refractivity contribution in [2.24, 2.45) is 0 Å². The summed E-state index contributed by atoms with van der Waals surface area (Å²) in [7, 11) is 1.61. The molecule has 0 fully saturated rings. The summed E-state index contributed by atoms with van der Waals surface area (Å²) in [5, 5.41) is 0. The van der Waals surface area contributed by atoms with Crippen molar-refractivity contribution in [2.45, 2.75) is 6.42 Å². The van der Waals surface area contributed by atoms with Crippen LogP contribution in [0.2, 0.25) is 0 Å². The Bertz CT molecular complexity index is 644. The topological polar surface area (TPSA) is 46.3 Å². The summed E-state index contributed by atoms with van der Waals surface area (Å²) >= 11 is 0. The number of amides is 1. The first-order valence-electron chi connectivity index (χ1n) is 6.03. The van der Waals surface area contributed by atoms with Crippen LogP contribution in [0.1, 0.15) is 5.56 Å². The first-order valence-corrected chi connectivity index (χ1v) is 6.03. The SMILES string of the molecule is CN(C(=O)Cc1ccc(F)c(F)c1)c1cccc(N)c1. The number of hydrogen-bond donors (Lipinski definition) is 1. The summed E-state index contributed by atoms with van der Waals surface area (Å²) in [6, 6.07) is 10.3. The normalized spacial score (nSPS) is 10.3. The fourth-order valence-corrected chi connectivity index (χ4v) is 1.82. The first-order chi connectivity index (χ1) is 9.47. The number of carbonyl (C=O) groups excluding carboxylic acids is 1. The molecule has 0 spiro atoms. The Morgan fingerprint density at radius 3 is 2.55 bits per heavy atom. The molecule has 0 heterocycles. The predicted octanol–water partition coefficient (Wildman–Crippen LogP) is 2.75. The molecule has 0 aliphatic carbocycles. The van der Waals surface area contributed by atoms with E-state index in [1.807, 2.05) is 0 Å². The van der Waals surface area contributed by atoms with E-state index in [2.05, 4.69) is 0 Å². The Morgan fingerprint density at radius 1 is 1.15 bits per heavy atom. The maximum atomic E-state index is 13.1. The molecule has 2 aromatic rings. The summed E-state index contributed by atoms with van der Waals surface area (Å²) in [6.45, 7) is 0. The molecule has 5 heteroatoms. The lowest BCUT2D eigenvalue weighted by atomic mass is 10.1. The highest BCUT2D eigenvalue weighted by molar-refractivity contribution is 5.94. The maximum Gasteiger partial charge on any atom is 0.231 e. The van der Waals surface area contributed by atoms with Gasteiger partial charge in [-0.2, -0.15) is 0 Å². The molecular weight excluding hydrogens is 262 g/mol. The van der Waals surface area contributed by atoms with Gasteiger partial charge >= 0.3 is 0 Å². The van der Waals surface area contributed by atoms with Gasteiger partial charge < -0.3 is 10.6 Å². The highest BCUT2D eigenvalue weighted by atomic mass is 19.2. The van der Waals surface area contributed by atoms with Crippen LogP contribution in [-0.4, -0.2) is 13.0 Å². The Balaban J connectivity index is 2.13. The van der Waals surface area contributed by atoms with Crippen molar-refractivity contribution in [3.63, 3.8) is 0 Å². The molecular formula is C15H14F2N2O. The second kappa shape index (κ2) is 5.69. The van der Waals surface area contributed by atoms with Crippen LogP contribution in [0.5, 0.6) is 0 Å². The van der Waals surface area contributed by atoms with Crippen molar-refractivity contribution in [1.82, 2.24) is 0 Å². The number of nitrogens with zero attached hydrogens (tertiary/aromatic N) is 1. The smallest absolute Gasteiger partial charge is 0.231 e. The number of likely N-dealkylation sites (N-methyl/N-ethyl adjacent to an activating group) is 1. The molecule has 20 heavy (non-hydrogen) atoms. The van der Waals surface area contributed by atoms with Crippen LogP contribution in [0, 0.1) is 11.6 Å². The quantitative estimate of drug-likeness (QED) is 0.876. The van der Waals surface area contributed by atoms with Crippen LogP contribution in [-0.2, 0) is 11.2 Å². The second-order valence-corrected chi connectivity index (χ2v) is 4.47. The number of nitrogen functional groups attached to an aromatic ring is 1. The fourth-order valence-electron chi connectivity index (χ4n) is 1.82. The third-order valence-electron chi connectivity index (χ3n) is 2.97. The molecule has 0 aliphatic heterocycles. The van der Waals surface area contributed by atoms with Gasteiger partial charge in [-0.15, -0.1) is 0 Å². The fraction of sp³-hybridized carbons (Fsp3) is 0.133. The standard InChI is InChI=1S/C15H14F2N2O/c1-19(12-4-2-3-11(18)9-12)15(20)8-10-5-6-13(16)14(17)7-10/h2-7,9H,8,18H2,1H3. The molecule has 0 radical (unpaired) electrons. The maximum absolute atomic E-state index is 13.1. The zero-order chi connectivity index (χ0) is 14.7. The van der Waals surface area contributed by atoms with E-state index < -0.39 is 11.6 Å². The molecule has 0 saturated heterocycles. The number of hydrogen-bond acceptors (Lipinski definition) is 2. The highest BCUT2D eigenvalue weighted by Gasteiger charge is 2.13. The lowest BCUT2D eigenvalue weighted by Gasteiger charge is -2.17. The minimum atomic E-state index is -0.957. The van der Waals surface area contributed by atoms with Gasteiger partial charge in [0.2, 0.25) is 5.91 Å². The molecule has 2 aromatic carbocycles. The lowest BCUT2D eigenvalue weighted by Crippen LogP contribution is -2.27. The third kappa shape index (κ3) is 3.12. The van der Waals surface area contributed by atoms with Crippen molar-refractivity contribution in [3.8, 4) is 0 Å². The number of rotatable bonds is 3. The molecule has 2 N–H and O–H groups in total. The van der Waals surface area contributed by atoms with Crippen molar-refractivity contribution >= 4 is 17.3 Å². The number of anilines is 2. The molecule has 104 valence electrons. The zero-order valence-electron chi connectivity index (χ0n) is 10.9. The van der Waals surface area contributed by atoms with Crippen LogP contribution in [0.15, 0.2) is 42.5 Å². The van der Waals surface area contributed by atoms with Crippen molar-refractivity contribution in [1.29, 1.82) is 0 Å². The van der Waals surface area contributed by atoms with Crippen molar-refractivity contribution in [2.75, 3.05) is 17.7 Å². The summed E-state index contributed by atoms with van der Waals surface area (Å²) in [4.78, 5) is 13.5. The van der Waals surface area contributed by atoms with E-state index in [1.165, 1.54) is 11.0 Å². The average molecular weight is 276 g/mol. The Hall–Kier alpha value is -2.43. The second-order valence-electron chi connectivity index (χ2n) is 4.47. The summed E-state index contributed by atoms with van der Waals surface area (Å²) < 4.78 is 25.9.